The summed E-state index contributed by atoms with van der Waals surface area (Å²) in [5, 5.41) is 8.23. The Hall–Kier alpha value is -1.87. The lowest BCUT2D eigenvalue weighted by Gasteiger charge is -2.11. The molecule has 0 unspecified atom stereocenters. The van der Waals surface area contributed by atoms with Crippen molar-refractivity contribution in [3.05, 3.63) is 35.3 Å². The largest absolute Gasteiger partial charge is 0.481 e. The molecule has 0 bridgehead atoms. The first-order valence-corrected chi connectivity index (χ1v) is 7.11. The van der Waals surface area contributed by atoms with Crippen molar-refractivity contribution in [1.29, 1.82) is 0 Å². The van der Waals surface area contributed by atoms with Gasteiger partial charge in [0.15, 0.2) is 5.76 Å². The second-order valence-electron chi connectivity index (χ2n) is 5.94. The summed E-state index contributed by atoms with van der Waals surface area (Å²) < 4.78 is 42.8. The molecule has 0 amide bonds. The molecule has 1 fully saturated rings. The van der Waals surface area contributed by atoms with Crippen molar-refractivity contribution in [3.8, 4) is 11.8 Å². The Bertz CT molecular complexity index is 692. The third-order valence-electron chi connectivity index (χ3n) is 4.44. The molecule has 0 radical (unpaired) electrons. The Morgan fingerprint density at radius 2 is 2.17 bits per heavy atom. The van der Waals surface area contributed by atoms with Crippen LogP contribution in [0.5, 0.6) is 0 Å². The topological polar surface area (TPSA) is 50.4 Å². The molecule has 1 N–H and O–H groups in total. The number of alkyl halides is 3. The highest BCUT2D eigenvalue weighted by Crippen LogP contribution is 2.72. The Morgan fingerprint density at radius 1 is 1.52 bits per heavy atom. The first kappa shape index (κ1) is 17.5. The molecule has 2 rings (SSSR count). The highest BCUT2D eigenvalue weighted by Gasteiger charge is 2.74. The summed E-state index contributed by atoms with van der Waals surface area (Å²) in [6.45, 7) is 3.19. The highest BCUT2D eigenvalue weighted by molar-refractivity contribution is 6.30. The minimum atomic E-state index is -4.69. The molecule has 1 aliphatic rings. The fourth-order valence-corrected chi connectivity index (χ4v) is 3.06. The van der Waals surface area contributed by atoms with E-state index in [0.29, 0.717) is 5.76 Å². The van der Waals surface area contributed by atoms with Crippen molar-refractivity contribution in [2.24, 2.45) is 16.7 Å². The van der Waals surface area contributed by atoms with Crippen LogP contribution in [-0.4, -0.2) is 17.3 Å². The normalized spacial score (nSPS) is 26.3. The van der Waals surface area contributed by atoms with Gasteiger partial charge in [0.25, 0.3) is 0 Å². The molecule has 1 aliphatic carbocycles. The van der Waals surface area contributed by atoms with Crippen molar-refractivity contribution in [2.45, 2.75) is 26.4 Å². The molecule has 0 aliphatic heterocycles. The average molecular weight is 347 g/mol. The van der Waals surface area contributed by atoms with Crippen LogP contribution in [0.25, 0.3) is 0 Å². The van der Waals surface area contributed by atoms with Gasteiger partial charge in [-0.05, 0) is 23.5 Å². The summed E-state index contributed by atoms with van der Waals surface area (Å²) in [6.07, 6.45) is -2.58. The summed E-state index contributed by atoms with van der Waals surface area (Å²) in [4.78, 5) is 11.7. The number of aliphatic carboxylic acids is 1. The molecule has 0 saturated heterocycles. The lowest BCUT2D eigenvalue weighted by Crippen LogP contribution is -2.21. The molecular formula is C16H14ClF3O3. The lowest BCUT2D eigenvalue weighted by atomic mass is 9.92. The molecule has 7 heteroatoms. The third-order valence-corrected chi connectivity index (χ3v) is 4.78. The van der Waals surface area contributed by atoms with Crippen LogP contribution in [0.2, 0.25) is 0 Å². The number of carbonyl (C=O) groups is 1. The summed E-state index contributed by atoms with van der Waals surface area (Å²) in [6, 6.07) is 3.24. The van der Waals surface area contributed by atoms with E-state index in [0.717, 1.165) is 6.08 Å². The van der Waals surface area contributed by atoms with Gasteiger partial charge in [0.05, 0.1) is 11.7 Å². The lowest BCUT2D eigenvalue weighted by molar-refractivity contribution is -0.144. The fourth-order valence-electron chi connectivity index (χ4n) is 2.93. The summed E-state index contributed by atoms with van der Waals surface area (Å²) in [7, 11) is 0. The van der Waals surface area contributed by atoms with E-state index in [1.807, 2.05) is 0 Å². The van der Waals surface area contributed by atoms with Crippen LogP contribution in [-0.2, 0) is 4.79 Å². The van der Waals surface area contributed by atoms with E-state index in [2.05, 4.69) is 11.8 Å². The molecule has 124 valence electrons. The van der Waals surface area contributed by atoms with Gasteiger partial charge in [-0.1, -0.05) is 37.4 Å². The van der Waals surface area contributed by atoms with Crippen molar-refractivity contribution < 1.29 is 27.5 Å². The number of halogens is 4. The molecular weight excluding hydrogens is 333 g/mol. The molecule has 1 aromatic rings. The van der Waals surface area contributed by atoms with E-state index in [4.69, 9.17) is 16.0 Å². The number of hydrogen-bond donors (Lipinski definition) is 1. The minimum absolute atomic E-state index is 0.0980. The summed E-state index contributed by atoms with van der Waals surface area (Å²) in [5.41, 5.74) is -2.29. The first-order chi connectivity index (χ1) is 10.5. The molecule has 1 aromatic heterocycles. The van der Waals surface area contributed by atoms with E-state index in [1.54, 1.807) is 26.0 Å². The fraction of sp³-hybridized carbons (Fsp3) is 0.438. The number of hydrogen-bond acceptors (Lipinski definition) is 2. The van der Waals surface area contributed by atoms with E-state index >= 15 is 0 Å². The quantitative estimate of drug-likeness (QED) is 0.823. The van der Waals surface area contributed by atoms with Gasteiger partial charge in [-0.15, -0.1) is 0 Å². The smallest absolute Gasteiger partial charge is 0.426 e. The molecule has 23 heavy (non-hydrogen) atoms. The van der Waals surface area contributed by atoms with Crippen molar-refractivity contribution in [1.82, 2.24) is 0 Å². The van der Waals surface area contributed by atoms with Crippen LogP contribution >= 0.6 is 11.6 Å². The van der Waals surface area contributed by atoms with E-state index < -0.39 is 33.9 Å². The van der Waals surface area contributed by atoms with Gasteiger partial charge in [-0.2, -0.15) is 13.2 Å². The monoisotopic (exact) mass is 346 g/mol. The van der Waals surface area contributed by atoms with E-state index in [1.165, 1.54) is 6.26 Å². The van der Waals surface area contributed by atoms with Gasteiger partial charge in [0.1, 0.15) is 5.03 Å². The zero-order chi connectivity index (χ0) is 17.5. The van der Waals surface area contributed by atoms with Crippen molar-refractivity contribution in [3.63, 3.8) is 0 Å². The molecule has 0 spiro atoms. The summed E-state index contributed by atoms with van der Waals surface area (Å²) >= 11 is 5.26. The molecule has 1 heterocycles. The average Bonchev–Trinajstić information content (AvgIpc) is 2.81. The van der Waals surface area contributed by atoms with Gasteiger partial charge in [-0.25, -0.2) is 0 Å². The minimum Gasteiger partial charge on any atom is -0.481 e. The number of carboxylic acid groups (broad SMARTS) is 1. The zero-order valence-electron chi connectivity index (χ0n) is 12.4. The SMILES string of the molecule is CC1(C)[C@@H](C=C(Cl)C(F)(F)F)[C@@]1(CC#Cc1ccco1)C(=O)O. The number of rotatable bonds is 3. The molecule has 2 atom stereocenters. The summed E-state index contributed by atoms with van der Waals surface area (Å²) in [5.74, 6) is 3.67. The Labute approximate surface area is 136 Å². The van der Waals surface area contributed by atoms with Crippen molar-refractivity contribution in [2.75, 3.05) is 0 Å². The second kappa shape index (κ2) is 5.64. The molecule has 3 nitrogen and oxygen atoms in total. The van der Waals surface area contributed by atoms with Crippen LogP contribution in [0.3, 0.4) is 0 Å². The van der Waals surface area contributed by atoms with Gasteiger partial charge in [0.2, 0.25) is 0 Å². The Balaban J connectivity index is 2.29. The number of allylic oxidation sites excluding steroid dienone is 2. The Kier molecular flexibility index (Phi) is 4.29. The predicted molar refractivity (Wildman–Crippen MR) is 77.5 cm³/mol. The van der Waals surface area contributed by atoms with Gasteiger partial charge in [0, 0.05) is 12.3 Å². The number of carboxylic acids is 1. The zero-order valence-corrected chi connectivity index (χ0v) is 13.1. The van der Waals surface area contributed by atoms with E-state index in [-0.39, 0.29) is 6.42 Å². The van der Waals surface area contributed by atoms with Crippen molar-refractivity contribution >= 4 is 17.6 Å². The van der Waals surface area contributed by atoms with E-state index in [9.17, 15) is 23.1 Å². The maximum absolute atomic E-state index is 12.6. The standard InChI is InChI=1S/C16H14ClF3O3/c1-14(2)11(9-12(17)16(18,19)20)15(14,13(21)22)7-3-5-10-6-4-8-23-10/h4,6,8-9,11H,7H2,1-2H3,(H,21,22)/t11-,15+/m1/s1. The number of furan rings is 1. The van der Waals surface area contributed by atoms with Crippen LogP contribution in [0.1, 0.15) is 26.0 Å². The Morgan fingerprint density at radius 3 is 2.65 bits per heavy atom. The predicted octanol–water partition coefficient (Wildman–Crippen LogP) is 4.43. The first-order valence-electron chi connectivity index (χ1n) is 6.74. The molecule has 1 saturated carbocycles. The maximum atomic E-state index is 12.6. The van der Waals surface area contributed by atoms with Crippen LogP contribution in [0, 0.1) is 28.6 Å². The maximum Gasteiger partial charge on any atom is 0.426 e. The third kappa shape index (κ3) is 2.98. The van der Waals surface area contributed by atoms with Crippen LogP contribution in [0.15, 0.2) is 33.9 Å². The van der Waals surface area contributed by atoms with Crippen LogP contribution < -0.4 is 0 Å². The second-order valence-corrected chi connectivity index (χ2v) is 6.35. The van der Waals surface area contributed by atoms with Crippen LogP contribution in [0.4, 0.5) is 13.2 Å². The van der Waals surface area contributed by atoms with Gasteiger partial charge < -0.3 is 9.52 Å². The van der Waals surface area contributed by atoms with Gasteiger partial charge >= 0.3 is 12.1 Å². The molecule has 0 aromatic carbocycles. The highest BCUT2D eigenvalue weighted by atomic mass is 35.5. The van der Waals surface area contributed by atoms with Gasteiger partial charge in [-0.3, -0.25) is 4.79 Å².